The van der Waals surface area contributed by atoms with Crippen LogP contribution >= 0.6 is 35.2 Å². The molecule has 2 nitrogen and oxygen atoms in total. The van der Waals surface area contributed by atoms with Crippen LogP contribution in [0.25, 0.3) is 0 Å². The zero-order valence-electron chi connectivity index (χ0n) is 8.51. The number of isothiocyanates is 1. The Morgan fingerprint density at radius 1 is 1.29 bits per heavy atom. The van der Waals surface area contributed by atoms with Crippen LogP contribution in [-0.2, 0) is 0 Å². The first-order valence-corrected chi connectivity index (χ1v) is 6.34. The Labute approximate surface area is 113 Å². The summed E-state index contributed by atoms with van der Waals surface area (Å²) in [5.41, 5.74) is 1.11. The van der Waals surface area contributed by atoms with Gasteiger partial charge in [0.25, 0.3) is 0 Å². The molecule has 0 aliphatic carbocycles. The molecule has 0 unspecified atom stereocenters. The first kappa shape index (κ1) is 12.1. The number of hydrogen-bond acceptors (Lipinski definition) is 4. The van der Waals surface area contributed by atoms with Crippen LogP contribution in [0, 0.1) is 0 Å². The Bertz CT molecular complexity index is 597. The van der Waals surface area contributed by atoms with Gasteiger partial charge in [-0.25, -0.2) is 0 Å². The monoisotopic (exact) mass is 279 g/mol. The third-order valence-corrected chi connectivity index (χ3v) is 3.29. The highest BCUT2D eigenvalue weighted by Crippen LogP contribution is 2.28. The molecule has 5 heteroatoms. The molecule has 17 heavy (non-hydrogen) atoms. The zero-order valence-corrected chi connectivity index (χ0v) is 10.9. The van der Waals surface area contributed by atoms with Crippen molar-refractivity contribution in [2.45, 2.75) is 0 Å². The summed E-state index contributed by atoms with van der Waals surface area (Å²) in [5, 5.41) is 5.26. The zero-order chi connectivity index (χ0) is 12.3. The second kappa shape index (κ2) is 5.34. The van der Waals surface area contributed by atoms with E-state index in [0.717, 1.165) is 0 Å². The maximum atomic E-state index is 12.2. The molecule has 0 bridgehead atoms. The quantitative estimate of drug-likeness (QED) is 0.474. The number of thiophene rings is 1. The highest BCUT2D eigenvalue weighted by molar-refractivity contribution is 7.78. The van der Waals surface area contributed by atoms with Crippen molar-refractivity contribution in [1.82, 2.24) is 0 Å². The molecule has 0 radical (unpaired) electrons. The molecule has 1 aromatic heterocycles. The van der Waals surface area contributed by atoms with Gasteiger partial charge in [-0.1, -0.05) is 11.6 Å². The smallest absolute Gasteiger partial charge is 0.196 e. The van der Waals surface area contributed by atoms with Crippen molar-refractivity contribution in [3.63, 3.8) is 0 Å². The summed E-state index contributed by atoms with van der Waals surface area (Å²) in [5.74, 6) is -0.0908. The van der Waals surface area contributed by atoms with Crippen molar-refractivity contribution in [2.75, 3.05) is 0 Å². The van der Waals surface area contributed by atoms with Gasteiger partial charge in [-0.3, -0.25) is 4.79 Å². The Balaban J connectivity index is 2.40. The number of halogens is 1. The van der Waals surface area contributed by atoms with Gasteiger partial charge in [0.2, 0.25) is 0 Å². The number of carbonyl (C=O) groups excluding carboxylic acids is 1. The van der Waals surface area contributed by atoms with Crippen molar-refractivity contribution in [2.24, 2.45) is 4.99 Å². The normalized spacial score (nSPS) is 9.71. The highest BCUT2D eigenvalue weighted by atomic mass is 35.5. The van der Waals surface area contributed by atoms with Crippen molar-refractivity contribution < 1.29 is 4.79 Å². The number of hydrogen-bond donors (Lipinski definition) is 0. The number of thiocarbonyl (C=S) groups is 1. The summed E-state index contributed by atoms with van der Waals surface area (Å²) in [6.45, 7) is 0. The number of benzene rings is 1. The van der Waals surface area contributed by atoms with Gasteiger partial charge < -0.3 is 0 Å². The van der Waals surface area contributed by atoms with E-state index in [1.54, 1.807) is 35.7 Å². The summed E-state index contributed by atoms with van der Waals surface area (Å²) in [6, 6.07) is 8.47. The Hall–Kier alpha value is -1.32. The van der Waals surface area contributed by atoms with Crippen LogP contribution in [0.2, 0.25) is 5.02 Å². The molecule has 0 fully saturated rings. The van der Waals surface area contributed by atoms with E-state index in [9.17, 15) is 4.79 Å². The summed E-state index contributed by atoms with van der Waals surface area (Å²) in [4.78, 5) is 16.0. The molecule has 1 heterocycles. The molecule has 0 N–H and O–H groups in total. The first-order chi connectivity index (χ1) is 8.22. The topological polar surface area (TPSA) is 29.4 Å². The van der Waals surface area contributed by atoms with E-state index in [4.69, 9.17) is 11.6 Å². The van der Waals surface area contributed by atoms with E-state index >= 15 is 0 Å². The second-order valence-electron chi connectivity index (χ2n) is 3.18. The molecule has 1 aromatic carbocycles. The molecule has 0 aliphatic rings. The van der Waals surface area contributed by atoms with Crippen LogP contribution in [0.15, 0.2) is 40.7 Å². The Kier molecular flexibility index (Phi) is 3.82. The molecule has 0 atom stereocenters. The fourth-order valence-corrected chi connectivity index (χ4v) is 2.35. The minimum atomic E-state index is -0.0908. The lowest BCUT2D eigenvalue weighted by molar-refractivity contribution is 0.104. The summed E-state index contributed by atoms with van der Waals surface area (Å²) >= 11 is 11.7. The molecular weight excluding hydrogens is 274 g/mol. The number of aliphatic imine (C=N–C) groups is 1. The molecule has 0 saturated heterocycles. The molecule has 2 aromatic rings. The van der Waals surface area contributed by atoms with E-state index in [2.05, 4.69) is 22.4 Å². The molecule has 0 aliphatic heterocycles. The first-order valence-electron chi connectivity index (χ1n) is 4.68. The lowest BCUT2D eigenvalue weighted by Crippen LogP contribution is -1.99. The predicted molar refractivity (Wildman–Crippen MR) is 73.9 cm³/mol. The van der Waals surface area contributed by atoms with Crippen LogP contribution in [-0.4, -0.2) is 10.9 Å². The fourth-order valence-electron chi connectivity index (χ4n) is 1.36. The maximum absolute atomic E-state index is 12.2. The lowest BCUT2D eigenvalue weighted by Gasteiger charge is -1.99. The largest absolute Gasteiger partial charge is 0.288 e. The van der Waals surface area contributed by atoms with Crippen molar-refractivity contribution in [3.05, 3.63) is 51.9 Å². The molecule has 0 saturated carbocycles. The van der Waals surface area contributed by atoms with Gasteiger partial charge in [0, 0.05) is 10.6 Å². The maximum Gasteiger partial charge on any atom is 0.196 e. The van der Waals surface area contributed by atoms with Gasteiger partial charge in [0.05, 0.1) is 10.7 Å². The van der Waals surface area contributed by atoms with Crippen molar-refractivity contribution >= 4 is 51.1 Å². The highest BCUT2D eigenvalue weighted by Gasteiger charge is 2.14. The van der Waals surface area contributed by atoms with Crippen LogP contribution in [0.3, 0.4) is 0 Å². The average Bonchev–Trinajstić information content (AvgIpc) is 2.78. The SMILES string of the molecule is O=C(c1ccc(Cl)cc1)c1ccsc1N=C=S. The number of ketones is 1. The van der Waals surface area contributed by atoms with Crippen LogP contribution in [0.1, 0.15) is 15.9 Å². The van der Waals surface area contributed by atoms with E-state index in [1.807, 2.05) is 0 Å². The minimum Gasteiger partial charge on any atom is -0.288 e. The van der Waals surface area contributed by atoms with Gasteiger partial charge in [-0.05, 0) is 47.9 Å². The van der Waals surface area contributed by atoms with Crippen LogP contribution < -0.4 is 0 Å². The molecule has 84 valence electrons. The van der Waals surface area contributed by atoms with E-state index in [-0.39, 0.29) is 5.78 Å². The van der Waals surface area contributed by atoms with Gasteiger partial charge in [0.15, 0.2) is 5.78 Å². The van der Waals surface area contributed by atoms with Crippen molar-refractivity contribution in [1.29, 1.82) is 0 Å². The van der Waals surface area contributed by atoms with Gasteiger partial charge >= 0.3 is 0 Å². The predicted octanol–water partition coefficient (Wildman–Crippen LogP) is 4.37. The second-order valence-corrected chi connectivity index (χ2v) is 4.69. The van der Waals surface area contributed by atoms with Gasteiger partial charge in [0.1, 0.15) is 5.00 Å². The summed E-state index contributed by atoms with van der Waals surface area (Å²) < 4.78 is 0. The summed E-state index contributed by atoms with van der Waals surface area (Å²) in [6.07, 6.45) is 0. The average molecular weight is 280 g/mol. The van der Waals surface area contributed by atoms with E-state index in [0.29, 0.717) is 21.2 Å². The number of nitrogens with zero attached hydrogens (tertiary/aromatic N) is 1. The van der Waals surface area contributed by atoms with E-state index < -0.39 is 0 Å². The third-order valence-electron chi connectivity index (χ3n) is 2.14. The van der Waals surface area contributed by atoms with Gasteiger partial charge in [-0.15, -0.1) is 11.3 Å². The van der Waals surface area contributed by atoms with Gasteiger partial charge in [-0.2, -0.15) is 4.99 Å². The van der Waals surface area contributed by atoms with Crippen LogP contribution in [0.5, 0.6) is 0 Å². The molecule has 0 amide bonds. The van der Waals surface area contributed by atoms with E-state index in [1.165, 1.54) is 11.3 Å². The standard InChI is InChI=1S/C12H6ClNOS2/c13-9-3-1-8(2-4-9)11(15)10-5-6-17-12(10)14-7-16/h1-6H. The fraction of sp³-hybridized carbons (Fsp3) is 0. The number of rotatable bonds is 3. The van der Waals surface area contributed by atoms with Crippen LogP contribution in [0.4, 0.5) is 5.00 Å². The Morgan fingerprint density at radius 2 is 2.00 bits per heavy atom. The number of carbonyl (C=O) groups is 1. The Morgan fingerprint density at radius 3 is 2.65 bits per heavy atom. The minimum absolute atomic E-state index is 0.0908. The molecule has 2 rings (SSSR count). The summed E-state index contributed by atoms with van der Waals surface area (Å²) in [7, 11) is 0. The molecule has 0 spiro atoms. The third kappa shape index (κ3) is 2.68. The lowest BCUT2D eigenvalue weighted by atomic mass is 10.1. The van der Waals surface area contributed by atoms with Crippen molar-refractivity contribution in [3.8, 4) is 0 Å². The molecular formula is C12H6ClNOS2.